The van der Waals surface area contributed by atoms with Gasteiger partial charge in [-0.1, -0.05) is 68.8 Å². The van der Waals surface area contributed by atoms with Crippen molar-refractivity contribution < 1.29 is 0 Å². The smallest absolute Gasteiger partial charge is 0.257 e. The third-order valence-electron chi connectivity index (χ3n) is 5.83. The molecule has 160 valence electrons. The van der Waals surface area contributed by atoms with E-state index in [1.165, 1.54) is 11.1 Å². The molecule has 5 rings (SSSR count). The number of halogens is 1. The van der Waals surface area contributed by atoms with E-state index in [2.05, 4.69) is 84.4 Å². The van der Waals surface area contributed by atoms with Crippen molar-refractivity contribution in [1.29, 1.82) is 0 Å². The zero-order valence-corrected chi connectivity index (χ0v) is 19.3. The molecule has 0 atom stereocenters. The molecule has 0 spiro atoms. The summed E-state index contributed by atoms with van der Waals surface area (Å²) in [6, 6.07) is 23.1. The largest absolute Gasteiger partial charge is 0.329 e. The Morgan fingerprint density at radius 3 is 2.44 bits per heavy atom. The molecule has 0 amide bonds. The average molecular weight is 442 g/mol. The van der Waals surface area contributed by atoms with Gasteiger partial charge in [0.05, 0.1) is 5.52 Å². The third kappa shape index (κ3) is 3.59. The molecule has 0 N–H and O–H groups in total. The van der Waals surface area contributed by atoms with Crippen LogP contribution >= 0.6 is 11.6 Å². The van der Waals surface area contributed by atoms with E-state index < -0.39 is 0 Å². The predicted molar refractivity (Wildman–Crippen MR) is 132 cm³/mol. The Labute approximate surface area is 192 Å². The monoisotopic (exact) mass is 441 g/mol. The summed E-state index contributed by atoms with van der Waals surface area (Å²) in [5, 5.41) is 9.82. The topological polar surface area (TPSA) is 46.3 Å². The molecule has 2 heterocycles. The van der Waals surface area contributed by atoms with Gasteiger partial charge in [0, 0.05) is 23.1 Å². The molecule has 6 heteroatoms. The van der Waals surface area contributed by atoms with Crippen LogP contribution in [-0.4, -0.2) is 26.6 Å². The molecule has 0 saturated heterocycles. The van der Waals surface area contributed by atoms with Gasteiger partial charge in [-0.05, 0) is 52.4 Å². The summed E-state index contributed by atoms with van der Waals surface area (Å²) in [5.74, 6) is 1.34. The second-order valence-corrected chi connectivity index (χ2v) is 9.47. The van der Waals surface area contributed by atoms with Crippen LogP contribution in [0.5, 0.6) is 0 Å². The predicted octanol–water partition coefficient (Wildman–Crippen LogP) is 6.66. The molecule has 0 bridgehead atoms. The van der Waals surface area contributed by atoms with Crippen molar-refractivity contribution in [2.75, 3.05) is 11.9 Å². The molecule has 0 aliphatic carbocycles. The lowest BCUT2D eigenvalue weighted by molar-refractivity contribution is 0.590. The molecule has 5 nitrogen and oxygen atoms in total. The first kappa shape index (κ1) is 20.5. The van der Waals surface area contributed by atoms with E-state index in [0.29, 0.717) is 10.8 Å². The molecule has 0 radical (unpaired) electrons. The fourth-order valence-electron chi connectivity index (χ4n) is 3.96. The molecule has 0 aliphatic heterocycles. The summed E-state index contributed by atoms with van der Waals surface area (Å²) in [5.41, 5.74) is 5.76. The van der Waals surface area contributed by atoms with E-state index in [4.69, 9.17) is 16.6 Å². The molecule has 2 aromatic heterocycles. The summed E-state index contributed by atoms with van der Waals surface area (Å²) < 4.78 is 1.85. The van der Waals surface area contributed by atoms with Gasteiger partial charge in [-0.3, -0.25) is 4.40 Å². The van der Waals surface area contributed by atoms with E-state index >= 15 is 0 Å². The maximum Gasteiger partial charge on any atom is 0.257 e. The standard InChI is InChI=1S/C26H24ClN5/c1-26(2,3)19-10-8-17(9-11-19)18-6-5-7-21(14-18)31(4)24-22-13-12-20(27)15-23(22)32-16-28-30-25(32)29-24/h5-16H,1-4H3. The molecule has 3 aromatic carbocycles. The number of hydrogen-bond acceptors (Lipinski definition) is 4. The Kier molecular flexibility index (Phi) is 4.86. The molecule has 0 saturated carbocycles. The van der Waals surface area contributed by atoms with Gasteiger partial charge in [0.1, 0.15) is 12.1 Å². The van der Waals surface area contributed by atoms with Crippen LogP contribution < -0.4 is 4.90 Å². The highest BCUT2D eigenvalue weighted by atomic mass is 35.5. The van der Waals surface area contributed by atoms with Crippen LogP contribution in [0.3, 0.4) is 0 Å². The second-order valence-electron chi connectivity index (χ2n) is 9.03. The number of rotatable bonds is 3. The molecular weight excluding hydrogens is 418 g/mol. The van der Waals surface area contributed by atoms with E-state index in [1.807, 2.05) is 29.6 Å². The van der Waals surface area contributed by atoms with Crippen molar-refractivity contribution in [1.82, 2.24) is 19.6 Å². The van der Waals surface area contributed by atoms with Crippen LogP contribution in [0, 0.1) is 0 Å². The first-order chi connectivity index (χ1) is 15.3. The first-order valence-corrected chi connectivity index (χ1v) is 10.9. The minimum absolute atomic E-state index is 0.135. The van der Waals surface area contributed by atoms with Crippen LogP contribution in [0.2, 0.25) is 5.02 Å². The lowest BCUT2D eigenvalue weighted by atomic mass is 9.86. The van der Waals surface area contributed by atoms with Gasteiger partial charge < -0.3 is 4.90 Å². The first-order valence-electron chi connectivity index (χ1n) is 10.5. The van der Waals surface area contributed by atoms with Gasteiger partial charge in [0.2, 0.25) is 0 Å². The summed E-state index contributed by atoms with van der Waals surface area (Å²) in [6.45, 7) is 6.69. The third-order valence-corrected chi connectivity index (χ3v) is 6.07. The van der Waals surface area contributed by atoms with Gasteiger partial charge in [-0.15, -0.1) is 10.2 Å². The molecule has 0 aliphatic rings. The molecule has 0 unspecified atom stereocenters. The lowest BCUT2D eigenvalue weighted by Gasteiger charge is -2.22. The highest BCUT2D eigenvalue weighted by Gasteiger charge is 2.16. The van der Waals surface area contributed by atoms with Crippen molar-refractivity contribution in [2.45, 2.75) is 26.2 Å². The fraction of sp³-hybridized carbons (Fsp3) is 0.192. The molecule has 32 heavy (non-hydrogen) atoms. The van der Waals surface area contributed by atoms with Crippen LogP contribution in [0.4, 0.5) is 11.5 Å². The molecular formula is C26H24ClN5. The van der Waals surface area contributed by atoms with Crippen LogP contribution in [0.25, 0.3) is 27.8 Å². The second kappa shape index (κ2) is 7.61. The van der Waals surface area contributed by atoms with E-state index in [9.17, 15) is 0 Å². The van der Waals surface area contributed by atoms with Crippen molar-refractivity contribution in [3.63, 3.8) is 0 Å². The van der Waals surface area contributed by atoms with Crippen LogP contribution in [0.15, 0.2) is 73.1 Å². The Bertz CT molecular complexity index is 1430. The van der Waals surface area contributed by atoms with Gasteiger partial charge in [-0.25, -0.2) is 0 Å². The molecule has 5 aromatic rings. The number of anilines is 2. The zero-order chi connectivity index (χ0) is 22.5. The van der Waals surface area contributed by atoms with Crippen molar-refractivity contribution in [3.05, 3.63) is 83.6 Å². The van der Waals surface area contributed by atoms with Gasteiger partial charge >= 0.3 is 0 Å². The van der Waals surface area contributed by atoms with Crippen molar-refractivity contribution >= 4 is 39.8 Å². The lowest BCUT2D eigenvalue weighted by Crippen LogP contribution is -2.13. The Hall–Kier alpha value is -3.44. The number of fused-ring (bicyclic) bond motifs is 3. The SMILES string of the molecule is CN(c1cccc(-c2ccc(C(C)(C)C)cc2)c1)c1nc2nncn2c2cc(Cl)ccc12. The fourth-order valence-corrected chi connectivity index (χ4v) is 4.12. The maximum absolute atomic E-state index is 6.27. The van der Waals surface area contributed by atoms with Crippen molar-refractivity contribution in [2.24, 2.45) is 0 Å². The summed E-state index contributed by atoms with van der Waals surface area (Å²) >= 11 is 6.27. The van der Waals surface area contributed by atoms with Crippen LogP contribution in [0.1, 0.15) is 26.3 Å². The average Bonchev–Trinajstić information content (AvgIpc) is 3.26. The summed E-state index contributed by atoms with van der Waals surface area (Å²) in [7, 11) is 2.02. The zero-order valence-electron chi connectivity index (χ0n) is 18.5. The number of hydrogen-bond donors (Lipinski definition) is 0. The van der Waals surface area contributed by atoms with Gasteiger partial charge in [0.25, 0.3) is 5.78 Å². The highest BCUT2D eigenvalue weighted by molar-refractivity contribution is 6.31. The van der Waals surface area contributed by atoms with E-state index in [1.54, 1.807) is 6.33 Å². The number of nitrogens with zero attached hydrogens (tertiary/aromatic N) is 5. The number of benzene rings is 3. The minimum Gasteiger partial charge on any atom is -0.329 e. The van der Waals surface area contributed by atoms with Crippen LogP contribution in [-0.2, 0) is 5.41 Å². The number of aromatic nitrogens is 4. The summed E-state index contributed by atoms with van der Waals surface area (Å²) in [4.78, 5) is 6.86. The Morgan fingerprint density at radius 2 is 1.69 bits per heavy atom. The van der Waals surface area contributed by atoms with Crippen molar-refractivity contribution in [3.8, 4) is 11.1 Å². The minimum atomic E-state index is 0.135. The van der Waals surface area contributed by atoms with E-state index in [-0.39, 0.29) is 5.41 Å². The van der Waals surface area contributed by atoms with E-state index in [0.717, 1.165) is 28.0 Å². The van der Waals surface area contributed by atoms with Gasteiger partial charge in [-0.2, -0.15) is 4.98 Å². The Balaban J connectivity index is 1.58. The maximum atomic E-state index is 6.27. The quantitative estimate of drug-likeness (QED) is 0.314. The summed E-state index contributed by atoms with van der Waals surface area (Å²) in [6.07, 6.45) is 1.66. The normalized spacial score (nSPS) is 11.9. The highest BCUT2D eigenvalue weighted by Crippen LogP contribution is 2.34. The van der Waals surface area contributed by atoms with Gasteiger partial charge in [0.15, 0.2) is 0 Å². The molecule has 0 fully saturated rings. The Morgan fingerprint density at radius 1 is 0.906 bits per heavy atom.